The lowest BCUT2D eigenvalue weighted by Gasteiger charge is -2.05. The minimum absolute atomic E-state index is 0.0256. The van der Waals surface area contributed by atoms with Crippen LogP contribution in [0.4, 0.5) is 5.69 Å². The van der Waals surface area contributed by atoms with E-state index in [1.54, 1.807) is 11.8 Å². The van der Waals surface area contributed by atoms with Gasteiger partial charge in [0.15, 0.2) is 5.78 Å². The van der Waals surface area contributed by atoms with Crippen LogP contribution >= 0.6 is 11.8 Å². The van der Waals surface area contributed by atoms with E-state index in [1.807, 2.05) is 18.2 Å². The smallest absolute Gasteiger partial charge is 0.161 e. The first kappa shape index (κ1) is 12.1. The van der Waals surface area contributed by atoms with Gasteiger partial charge in [-0.2, -0.15) is 0 Å². The third kappa shape index (κ3) is 3.59. The highest BCUT2D eigenvalue weighted by molar-refractivity contribution is 7.99. The summed E-state index contributed by atoms with van der Waals surface area (Å²) in [6, 6.07) is 5.66. The van der Waals surface area contributed by atoms with Gasteiger partial charge in [0, 0.05) is 16.1 Å². The Balaban J connectivity index is 2.69. The predicted octanol–water partition coefficient (Wildman–Crippen LogP) is 3.36. The Labute approximate surface area is 95.2 Å². The first-order chi connectivity index (χ1) is 7.15. The highest BCUT2D eigenvalue weighted by atomic mass is 32.2. The van der Waals surface area contributed by atoms with Gasteiger partial charge in [-0.1, -0.05) is 13.3 Å². The van der Waals surface area contributed by atoms with Crippen LogP contribution in [0.1, 0.15) is 37.0 Å². The summed E-state index contributed by atoms with van der Waals surface area (Å²) >= 11 is 1.79. The van der Waals surface area contributed by atoms with Crippen LogP contribution in [-0.2, 0) is 0 Å². The summed E-state index contributed by atoms with van der Waals surface area (Å²) in [4.78, 5) is 12.3. The molecule has 0 atom stereocenters. The number of rotatable bonds is 5. The van der Waals surface area contributed by atoms with Crippen molar-refractivity contribution in [2.45, 2.75) is 31.6 Å². The number of nitrogens with two attached hydrogens (primary N) is 1. The van der Waals surface area contributed by atoms with Crippen molar-refractivity contribution < 1.29 is 4.79 Å². The molecule has 0 amide bonds. The monoisotopic (exact) mass is 223 g/mol. The van der Waals surface area contributed by atoms with Crippen LogP contribution in [-0.4, -0.2) is 11.5 Å². The standard InChI is InChI=1S/C12H17NOS/c1-3-4-7-15-10-5-6-11(9(2)14)12(13)8-10/h5-6,8H,3-4,7,13H2,1-2H3. The fourth-order valence-electron chi connectivity index (χ4n) is 1.29. The lowest BCUT2D eigenvalue weighted by molar-refractivity contribution is 0.101. The van der Waals surface area contributed by atoms with E-state index in [1.165, 1.54) is 19.8 Å². The maximum atomic E-state index is 11.2. The van der Waals surface area contributed by atoms with Gasteiger partial charge in [-0.3, -0.25) is 4.79 Å². The van der Waals surface area contributed by atoms with E-state index in [-0.39, 0.29) is 5.78 Å². The summed E-state index contributed by atoms with van der Waals surface area (Å²) in [6.07, 6.45) is 2.41. The second kappa shape index (κ2) is 5.81. The molecule has 0 aliphatic rings. The fraction of sp³-hybridized carbons (Fsp3) is 0.417. The van der Waals surface area contributed by atoms with Crippen LogP contribution < -0.4 is 5.73 Å². The van der Waals surface area contributed by atoms with Gasteiger partial charge in [0.05, 0.1) is 0 Å². The summed E-state index contributed by atoms with van der Waals surface area (Å²) in [5, 5.41) is 0. The molecule has 0 saturated carbocycles. The van der Waals surface area contributed by atoms with Crippen LogP contribution in [0.3, 0.4) is 0 Å². The number of nitrogen functional groups attached to an aromatic ring is 1. The molecule has 1 aromatic carbocycles. The van der Waals surface area contributed by atoms with E-state index in [9.17, 15) is 4.79 Å². The maximum absolute atomic E-state index is 11.2. The van der Waals surface area contributed by atoms with Gasteiger partial charge in [0.25, 0.3) is 0 Å². The SMILES string of the molecule is CCCCSc1ccc(C(C)=O)c(N)c1. The molecule has 0 aliphatic heterocycles. The van der Waals surface area contributed by atoms with E-state index in [0.29, 0.717) is 11.3 Å². The number of Topliss-reactive ketones (excluding diaryl/α,β-unsaturated/α-hetero) is 1. The minimum atomic E-state index is 0.0256. The van der Waals surface area contributed by atoms with Crippen molar-refractivity contribution in [3.8, 4) is 0 Å². The van der Waals surface area contributed by atoms with Crippen LogP contribution in [0.15, 0.2) is 23.1 Å². The van der Waals surface area contributed by atoms with Gasteiger partial charge in [-0.05, 0) is 37.3 Å². The Hall–Kier alpha value is -0.960. The summed E-state index contributed by atoms with van der Waals surface area (Å²) < 4.78 is 0. The second-order valence-electron chi connectivity index (χ2n) is 3.51. The third-order valence-electron chi connectivity index (χ3n) is 2.17. The molecule has 3 heteroatoms. The van der Waals surface area contributed by atoms with Crippen LogP contribution in [0.5, 0.6) is 0 Å². The van der Waals surface area contributed by atoms with Gasteiger partial charge in [0.2, 0.25) is 0 Å². The molecule has 0 aliphatic carbocycles. The minimum Gasteiger partial charge on any atom is -0.398 e. The molecule has 0 unspecified atom stereocenters. The second-order valence-corrected chi connectivity index (χ2v) is 4.68. The van der Waals surface area contributed by atoms with E-state index in [0.717, 1.165) is 10.6 Å². The Bertz CT molecular complexity index is 349. The lowest BCUT2D eigenvalue weighted by atomic mass is 10.1. The molecule has 0 saturated heterocycles. The van der Waals surface area contributed by atoms with E-state index in [2.05, 4.69) is 6.92 Å². The topological polar surface area (TPSA) is 43.1 Å². The van der Waals surface area contributed by atoms with Gasteiger partial charge >= 0.3 is 0 Å². The zero-order valence-corrected chi connectivity index (χ0v) is 10.1. The first-order valence-corrected chi connectivity index (χ1v) is 6.17. The number of carbonyl (C=O) groups is 1. The molecule has 2 nitrogen and oxygen atoms in total. The average Bonchev–Trinajstić information content (AvgIpc) is 2.17. The number of anilines is 1. The quantitative estimate of drug-likeness (QED) is 0.360. The number of hydrogen-bond donors (Lipinski definition) is 1. The summed E-state index contributed by atoms with van der Waals surface area (Å²) in [5.41, 5.74) is 7.00. The molecule has 0 bridgehead atoms. The Morgan fingerprint density at radius 3 is 2.73 bits per heavy atom. The number of benzene rings is 1. The lowest BCUT2D eigenvalue weighted by Crippen LogP contribution is -1.99. The molecular weight excluding hydrogens is 206 g/mol. The van der Waals surface area contributed by atoms with Crippen LogP contribution in [0.25, 0.3) is 0 Å². The number of unbranched alkanes of at least 4 members (excludes halogenated alkanes) is 1. The van der Waals surface area contributed by atoms with Crippen molar-refractivity contribution in [1.82, 2.24) is 0 Å². The van der Waals surface area contributed by atoms with Gasteiger partial charge in [-0.15, -0.1) is 11.8 Å². The van der Waals surface area contributed by atoms with E-state index >= 15 is 0 Å². The Morgan fingerprint density at radius 1 is 1.47 bits per heavy atom. The largest absolute Gasteiger partial charge is 0.398 e. The molecule has 0 radical (unpaired) electrons. The molecule has 2 N–H and O–H groups in total. The molecule has 82 valence electrons. The summed E-state index contributed by atoms with van der Waals surface area (Å²) in [5.74, 6) is 1.13. The highest BCUT2D eigenvalue weighted by Crippen LogP contribution is 2.24. The highest BCUT2D eigenvalue weighted by Gasteiger charge is 2.05. The molecule has 0 aromatic heterocycles. The average molecular weight is 223 g/mol. The molecule has 0 fully saturated rings. The zero-order chi connectivity index (χ0) is 11.3. The molecule has 1 aromatic rings. The number of hydrogen-bond acceptors (Lipinski definition) is 3. The summed E-state index contributed by atoms with van der Waals surface area (Å²) in [6.45, 7) is 3.71. The third-order valence-corrected chi connectivity index (χ3v) is 3.25. The molecule has 1 rings (SSSR count). The normalized spacial score (nSPS) is 10.3. The maximum Gasteiger partial charge on any atom is 0.161 e. The van der Waals surface area contributed by atoms with Crippen LogP contribution in [0.2, 0.25) is 0 Å². The Morgan fingerprint density at radius 2 is 2.20 bits per heavy atom. The van der Waals surface area contributed by atoms with Gasteiger partial charge < -0.3 is 5.73 Å². The molecule has 0 heterocycles. The van der Waals surface area contributed by atoms with Crippen molar-refractivity contribution in [1.29, 1.82) is 0 Å². The molecule has 15 heavy (non-hydrogen) atoms. The number of ketones is 1. The van der Waals surface area contributed by atoms with Crippen molar-refractivity contribution in [3.05, 3.63) is 23.8 Å². The fourth-order valence-corrected chi connectivity index (χ4v) is 2.33. The molecule has 0 spiro atoms. The van der Waals surface area contributed by atoms with Gasteiger partial charge in [-0.25, -0.2) is 0 Å². The number of carbonyl (C=O) groups excluding carboxylic acids is 1. The molecular formula is C12H17NOS. The predicted molar refractivity (Wildman–Crippen MR) is 66.5 cm³/mol. The van der Waals surface area contributed by atoms with Gasteiger partial charge in [0.1, 0.15) is 0 Å². The van der Waals surface area contributed by atoms with E-state index in [4.69, 9.17) is 5.73 Å². The van der Waals surface area contributed by atoms with Crippen molar-refractivity contribution in [2.24, 2.45) is 0 Å². The van der Waals surface area contributed by atoms with Crippen molar-refractivity contribution in [3.63, 3.8) is 0 Å². The Kier molecular flexibility index (Phi) is 4.69. The summed E-state index contributed by atoms with van der Waals surface area (Å²) in [7, 11) is 0. The van der Waals surface area contributed by atoms with Crippen molar-refractivity contribution >= 4 is 23.2 Å². The first-order valence-electron chi connectivity index (χ1n) is 5.18. The number of thioether (sulfide) groups is 1. The van der Waals surface area contributed by atoms with Crippen molar-refractivity contribution in [2.75, 3.05) is 11.5 Å². The zero-order valence-electron chi connectivity index (χ0n) is 9.25. The van der Waals surface area contributed by atoms with Crippen LogP contribution in [0, 0.1) is 0 Å². The van der Waals surface area contributed by atoms with E-state index < -0.39 is 0 Å².